The number of pyridine rings is 1. The molecule has 0 fully saturated rings. The van der Waals surface area contributed by atoms with Crippen molar-refractivity contribution in [1.29, 1.82) is 0 Å². The number of urea groups is 1. The Kier molecular flexibility index (Phi) is 5.18. The molecule has 1 aliphatic rings. The van der Waals surface area contributed by atoms with Gasteiger partial charge in [0.2, 0.25) is 0 Å². The number of fused-ring (bicyclic) bond motifs is 1. The van der Waals surface area contributed by atoms with Crippen molar-refractivity contribution in [2.45, 2.75) is 31.8 Å². The first-order valence-electron chi connectivity index (χ1n) is 9.27. The topological polar surface area (TPSA) is 94.0 Å². The van der Waals surface area contributed by atoms with Crippen LogP contribution in [0.15, 0.2) is 48.8 Å². The number of aromatic nitrogens is 4. The molecule has 0 aliphatic carbocycles. The highest BCUT2D eigenvalue weighted by molar-refractivity contribution is 5.89. The Morgan fingerprint density at radius 3 is 2.86 bits per heavy atom. The molecule has 1 aliphatic heterocycles. The summed E-state index contributed by atoms with van der Waals surface area (Å²) < 4.78 is 7.32. The number of hydrogen-bond donors (Lipinski definition) is 2. The molecule has 0 bridgehead atoms. The number of aryl methyl sites for hydroxylation is 1. The van der Waals surface area contributed by atoms with Gasteiger partial charge in [0, 0.05) is 48.7 Å². The van der Waals surface area contributed by atoms with Gasteiger partial charge in [-0.05, 0) is 37.1 Å². The van der Waals surface area contributed by atoms with Crippen LogP contribution >= 0.6 is 0 Å². The van der Waals surface area contributed by atoms with Gasteiger partial charge in [-0.2, -0.15) is 0 Å². The zero-order valence-electron chi connectivity index (χ0n) is 15.6. The van der Waals surface area contributed by atoms with Crippen molar-refractivity contribution in [3.63, 3.8) is 0 Å². The summed E-state index contributed by atoms with van der Waals surface area (Å²) in [4.78, 5) is 16.4. The molecule has 0 radical (unpaired) electrons. The van der Waals surface area contributed by atoms with Gasteiger partial charge >= 0.3 is 6.03 Å². The van der Waals surface area contributed by atoms with Gasteiger partial charge in [-0.1, -0.05) is 6.07 Å². The minimum atomic E-state index is -0.217. The second-order valence-electron chi connectivity index (χ2n) is 6.68. The predicted octanol–water partition coefficient (Wildman–Crippen LogP) is 2.88. The van der Waals surface area contributed by atoms with Gasteiger partial charge in [0.05, 0.1) is 7.11 Å². The lowest BCUT2D eigenvalue weighted by Crippen LogP contribution is -2.38. The van der Waals surface area contributed by atoms with Crippen molar-refractivity contribution in [3.05, 3.63) is 54.6 Å². The van der Waals surface area contributed by atoms with E-state index in [0.29, 0.717) is 11.4 Å². The molecule has 0 saturated carbocycles. The van der Waals surface area contributed by atoms with Gasteiger partial charge < -0.3 is 19.9 Å². The third-order valence-electron chi connectivity index (χ3n) is 4.85. The van der Waals surface area contributed by atoms with Crippen LogP contribution < -0.4 is 15.4 Å². The van der Waals surface area contributed by atoms with Crippen molar-refractivity contribution < 1.29 is 9.53 Å². The third kappa shape index (κ3) is 3.95. The van der Waals surface area contributed by atoms with E-state index >= 15 is 0 Å². The summed E-state index contributed by atoms with van der Waals surface area (Å²) in [6.45, 7) is 0.754. The van der Waals surface area contributed by atoms with E-state index in [1.807, 2.05) is 30.3 Å². The van der Waals surface area contributed by atoms with Crippen LogP contribution in [-0.4, -0.2) is 38.9 Å². The van der Waals surface area contributed by atoms with Crippen molar-refractivity contribution in [2.24, 2.45) is 0 Å². The van der Waals surface area contributed by atoms with E-state index in [9.17, 15) is 4.79 Å². The maximum Gasteiger partial charge on any atom is 0.319 e. The van der Waals surface area contributed by atoms with Gasteiger partial charge in [-0.15, -0.1) is 10.2 Å². The van der Waals surface area contributed by atoms with Crippen molar-refractivity contribution >= 4 is 11.7 Å². The highest BCUT2D eigenvalue weighted by atomic mass is 16.5. The van der Waals surface area contributed by atoms with Gasteiger partial charge in [0.1, 0.15) is 11.6 Å². The van der Waals surface area contributed by atoms with Crippen molar-refractivity contribution in [2.75, 3.05) is 12.4 Å². The number of carbonyl (C=O) groups is 1. The third-order valence-corrected chi connectivity index (χ3v) is 4.85. The average molecular weight is 378 g/mol. The van der Waals surface area contributed by atoms with E-state index in [1.165, 1.54) is 0 Å². The maximum atomic E-state index is 12.4. The van der Waals surface area contributed by atoms with E-state index in [1.54, 1.807) is 25.6 Å². The number of hydrogen-bond acceptors (Lipinski definition) is 5. The molecule has 8 nitrogen and oxygen atoms in total. The Morgan fingerprint density at radius 2 is 2.04 bits per heavy atom. The Labute approximate surface area is 163 Å². The van der Waals surface area contributed by atoms with Crippen LogP contribution in [0.3, 0.4) is 0 Å². The molecule has 28 heavy (non-hydrogen) atoms. The number of nitrogens with one attached hydrogen (secondary N) is 2. The monoisotopic (exact) mass is 378 g/mol. The Balaban J connectivity index is 1.39. The molecule has 2 N–H and O–H groups in total. The summed E-state index contributed by atoms with van der Waals surface area (Å²) in [7, 11) is 1.60. The number of rotatable bonds is 4. The van der Waals surface area contributed by atoms with Crippen LogP contribution in [0.25, 0.3) is 11.4 Å². The number of nitrogens with zero attached hydrogens (tertiary/aromatic N) is 4. The summed E-state index contributed by atoms with van der Waals surface area (Å²) in [5, 5.41) is 14.6. The second kappa shape index (κ2) is 8.08. The number of benzene rings is 1. The van der Waals surface area contributed by atoms with Gasteiger partial charge in [0.15, 0.2) is 5.82 Å². The minimum Gasteiger partial charge on any atom is -0.497 e. The Bertz CT molecular complexity index is 956. The smallest absolute Gasteiger partial charge is 0.319 e. The van der Waals surface area contributed by atoms with E-state index in [2.05, 4.69) is 30.4 Å². The molecule has 2 amide bonds. The molecule has 8 heteroatoms. The molecule has 4 rings (SSSR count). The number of ether oxygens (including phenoxy) is 1. The molecule has 2 aromatic heterocycles. The molecule has 144 valence electrons. The second-order valence-corrected chi connectivity index (χ2v) is 6.68. The van der Waals surface area contributed by atoms with Gasteiger partial charge in [-0.3, -0.25) is 4.98 Å². The molecule has 1 unspecified atom stereocenters. The number of anilines is 1. The van der Waals surface area contributed by atoms with Crippen LogP contribution in [0.1, 0.15) is 18.7 Å². The lowest BCUT2D eigenvalue weighted by molar-refractivity contribution is 0.247. The molecule has 0 saturated heterocycles. The summed E-state index contributed by atoms with van der Waals surface area (Å²) in [6, 6.07) is 11.0. The fraction of sp³-hybridized carbons (Fsp3) is 0.300. The van der Waals surface area contributed by atoms with E-state index in [0.717, 1.165) is 43.0 Å². The van der Waals surface area contributed by atoms with Crippen LogP contribution in [0, 0.1) is 0 Å². The van der Waals surface area contributed by atoms with Crippen LogP contribution in [0.5, 0.6) is 5.75 Å². The zero-order chi connectivity index (χ0) is 19.3. The van der Waals surface area contributed by atoms with E-state index in [4.69, 9.17) is 4.74 Å². The van der Waals surface area contributed by atoms with Crippen molar-refractivity contribution in [1.82, 2.24) is 25.1 Å². The molecule has 0 spiro atoms. The normalized spacial score (nSPS) is 16.0. The summed E-state index contributed by atoms with van der Waals surface area (Å²) in [5.41, 5.74) is 1.69. The SMILES string of the molecule is COc1cccc(NC(=O)NC2CCc3nnc(-c4ccncc4)n3CC2)c1. The summed E-state index contributed by atoms with van der Waals surface area (Å²) in [5.74, 6) is 2.50. The fourth-order valence-corrected chi connectivity index (χ4v) is 3.40. The highest BCUT2D eigenvalue weighted by Gasteiger charge is 2.22. The number of carbonyl (C=O) groups excluding carboxylic acids is 1. The van der Waals surface area contributed by atoms with Crippen LogP contribution in [-0.2, 0) is 13.0 Å². The first-order valence-corrected chi connectivity index (χ1v) is 9.27. The highest BCUT2D eigenvalue weighted by Crippen LogP contribution is 2.22. The largest absolute Gasteiger partial charge is 0.497 e. The van der Waals surface area contributed by atoms with Crippen molar-refractivity contribution in [3.8, 4) is 17.1 Å². The summed E-state index contributed by atoms with van der Waals surface area (Å²) in [6.07, 6.45) is 5.90. The zero-order valence-corrected chi connectivity index (χ0v) is 15.6. The lowest BCUT2D eigenvalue weighted by Gasteiger charge is -2.17. The lowest BCUT2D eigenvalue weighted by atomic mass is 10.1. The first-order chi connectivity index (χ1) is 13.7. The molecular weight excluding hydrogens is 356 g/mol. The molecule has 1 atom stereocenters. The molecule has 3 aromatic rings. The Hall–Kier alpha value is -3.42. The minimum absolute atomic E-state index is 0.0672. The standard InChI is InChI=1S/C20H22N6O2/c1-28-17-4-2-3-16(13-17)23-20(27)22-15-5-6-18-24-25-19(26(18)12-9-15)14-7-10-21-11-8-14/h2-4,7-8,10-11,13,15H,5-6,9,12H2,1H3,(H2,22,23,27). The molecular formula is C20H22N6O2. The van der Waals surface area contributed by atoms with Gasteiger partial charge in [-0.25, -0.2) is 4.79 Å². The number of methoxy groups -OCH3 is 1. The van der Waals surface area contributed by atoms with Crippen LogP contribution in [0.2, 0.25) is 0 Å². The molecule has 1 aromatic carbocycles. The van der Waals surface area contributed by atoms with Crippen LogP contribution in [0.4, 0.5) is 10.5 Å². The maximum absolute atomic E-state index is 12.4. The number of amides is 2. The summed E-state index contributed by atoms with van der Waals surface area (Å²) >= 11 is 0. The van der Waals surface area contributed by atoms with E-state index < -0.39 is 0 Å². The molecule has 3 heterocycles. The average Bonchev–Trinajstić information content (AvgIpc) is 3.03. The predicted molar refractivity (Wildman–Crippen MR) is 105 cm³/mol. The quantitative estimate of drug-likeness (QED) is 0.728. The Morgan fingerprint density at radius 1 is 1.18 bits per heavy atom. The van der Waals surface area contributed by atoms with Gasteiger partial charge in [0.25, 0.3) is 0 Å². The van der Waals surface area contributed by atoms with E-state index in [-0.39, 0.29) is 12.1 Å². The first kappa shape index (κ1) is 18.0. The fourth-order valence-electron chi connectivity index (χ4n) is 3.40.